The van der Waals surface area contributed by atoms with Gasteiger partial charge in [0.2, 0.25) is 29.3 Å². The number of aliphatic carboxylic acids is 2. The molecule has 0 spiro atoms. The van der Waals surface area contributed by atoms with Gasteiger partial charge in [0.1, 0.15) is 12.1 Å². The number of aromatic amines is 1. The first-order valence-corrected chi connectivity index (χ1v) is 25.8. The number of hydrazine groups is 1. The Kier molecular flexibility index (Phi) is 17.7. The number of anilines is 2. The predicted molar refractivity (Wildman–Crippen MR) is 269 cm³/mol. The smallest absolute Gasteiger partial charge is 0.405 e. The van der Waals surface area contributed by atoms with Gasteiger partial charge in [0.25, 0.3) is 17.4 Å². The van der Waals surface area contributed by atoms with E-state index in [0.29, 0.717) is 41.7 Å². The number of carboxylic acid groups (broad SMARTS) is 2. The maximum Gasteiger partial charge on any atom is 0.405 e. The first-order chi connectivity index (χ1) is 35.8. The van der Waals surface area contributed by atoms with E-state index in [0.717, 1.165) is 0 Å². The third kappa shape index (κ3) is 13.7. The zero-order valence-electron chi connectivity index (χ0n) is 40.3. The van der Waals surface area contributed by atoms with E-state index >= 15 is 0 Å². The largest absolute Gasteiger partial charge is 0.480 e. The van der Waals surface area contributed by atoms with Crippen molar-refractivity contribution >= 4 is 103 Å². The highest BCUT2D eigenvalue weighted by Gasteiger charge is 2.64. The van der Waals surface area contributed by atoms with Crippen LogP contribution in [0, 0.1) is 0 Å². The molecule has 30 heteroatoms. The number of nitrogens with one attached hydrogen (secondary N) is 9. The van der Waals surface area contributed by atoms with Crippen LogP contribution >= 0.6 is 21.6 Å². The van der Waals surface area contributed by atoms with E-state index in [1.165, 1.54) is 39.9 Å². The van der Waals surface area contributed by atoms with Gasteiger partial charge in [-0.1, -0.05) is 21.6 Å². The molecule has 2 aromatic heterocycles. The summed E-state index contributed by atoms with van der Waals surface area (Å²) in [5.41, 5.74) is 15.4. The second-order valence-corrected chi connectivity index (χ2v) is 20.3. The molecule has 3 aliphatic heterocycles. The molecule has 2 fully saturated rings. The number of Topliss-reactive ketones (excluding diaryl/α,β-unsaturated/α-hetero) is 2. The van der Waals surface area contributed by atoms with Crippen LogP contribution in [0.5, 0.6) is 0 Å². The Morgan fingerprint density at radius 1 is 0.907 bits per heavy atom. The zero-order valence-corrected chi connectivity index (χ0v) is 41.9. The zero-order chi connectivity index (χ0) is 54.1. The molecule has 5 heterocycles. The van der Waals surface area contributed by atoms with Crippen LogP contribution in [0.3, 0.4) is 0 Å². The molecule has 0 radical (unpaired) electrons. The molecule has 7 rings (SSSR count). The van der Waals surface area contributed by atoms with Crippen LogP contribution in [0.15, 0.2) is 57.8 Å². The van der Waals surface area contributed by atoms with E-state index in [1.807, 2.05) is 4.90 Å². The van der Waals surface area contributed by atoms with Crippen molar-refractivity contribution in [2.24, 2.45) is 5.73 Å². The molecule has 3 aromatic rings. The Morgan fingerprint density at radius 3 is 2.36 bits per heavy atom. The number of carbonyl (C=O) groups excluding carboxylic acids is 7. The predicted octanol–water partition coefficient (Wildman–Crippen LogP) is -3.55. The number of nitrogens with two attached hydrogens (primary N) is 2. The average Bonchev–Trinajstić information content (AvgIpc) is 3.92. The van der Waals surface area contributed by atoms with Crippen molar-refractivity contribution in [3.05, 3.63) is 74.6 Å². The molecule has 1 aromatic carbocycles. The number of fused-ring (bicyclic) bond motifs is 5. The number of hydrogen-bond donors (Lipinski definition) is 13. The fraction of sp³-hybridized carbons (Fsp3) is 0.422. The molecule has 6 atom stereocenters. The molecule has 2 saturated heterocycles. The molecule has 0 bridgehead atoms. The van der Waals surface area contributed by atoms with Crippen molar-refractivity contribution in [2.45, 2.75) is 88.8 Å². The third-order valence-electron chi connectivity index (χ3n) is 12.3. The Labute approximate surface area is 433 Å². The van der Waals surface area contributed by atoms with Gasteiger partial charge in [-0.25, -0.2) is 24.4 Å². The molecule has 28 nitrogen and oxygen atoms in total. The van der Waals surface area contributed by atoms with Gasteiger partial charge in [0, 0.05) is 92.7 Å². The number of nitrogens with zero attached hydrogens (tertiary/aromatic N) is 4. The van der Waals surface area contributed by atoms with Crippen LogP contribution in [0.4, 0.5) is 16.4 Å². The molecule has 0 saturated carbocycles. The fourth-order valence-electron chi connectivity index (χ4n) is 8.43. The molecular formula is C45H54N15O13S2+. The van der Waals surface area contributed by atoms with Gasteiger partial charge in [0.05, 0.1) is 41.4 Å². The van der Waals surface area contributed by atoms with Crippen molar-refractivity contribution in [1.29, 1.82) is 0 Å². The second kappa shape index (κ2) is 24.3. The van der Waals surface area contributed by atoms with Crippen LogP contribution < -0.4 is 59.5 Å². The summed E-state index contributed by atoms with van der Waals surface area (Å²) in [5.74, 6) is -5.19. The number of hydrogen-bond acceptors (Lipinski definition) is 21. The van der Waals surface area contributed by atoms with Gasteiger partial charge in [-0.15, -0.1) is 10.5 Å². The van der Waals surface area contributed by atoms with Gasteiger partial charge < -0.3 is 63.2 Å². The number of rotatable bonds is 26. The number of hydrazone groups is 1. The molecule has 3 unspecified atom stereocenters. The van der Waals surface area contributed by atoms with E-state index in [4.69, 9.17) is 16.2 Å². The molecule has 398 valence electrons. The number of ether oxygens (including phenoxy) is 1. The van der Waals surface area contributed by atoms with Gasteiger partial charge in [-0.3, -0.25) is 38.5 Å². The van der Waals surface area contributed by atoms with Crippen LogP contribution in [0.2, 0.25) is 0 Å². The number of primary amides is 1. The topological polar surface area (TPSA) is 438 Å². The van der Waals surface area contributed by atoms with Crippen LogP contribution in [-0.2, 0) is 44.8 Å². The quantitative estimate of drug-likeness (QED) is 0.00924. The summed E-state index contributed by atoms with van der Waals surface area (Å²) in [6.45, 7) is 3.75. The lowest BCUT2D eigenvalue weighted by molar-refractivity contribution is -0.513. The minimum absolute atomic E-state index is 0.00625. The van der Waals surface area contributed by atoms with Gasteiger partial charge in [-0.2, -0.15) is 4.98 Å². The summed E-state index contributed by atoms with van der Waals surface area (Å²) in [6, 6.07) is 2.69. The number of aromatic nitrogens is 4. The fourth-order valence-corrected chi connectivity index (χ4v) is 10.3. The molecule has 4 aliphatic rings. The Balaban J connectivity index is 0.743. The highest BCUT2D eigenvalue weighted by atomic mass is 33.1. The first kappa shape index (κ1) is 54.6. The van der Waals surface area contributed by atoms with Crippen LogP contribution in [-0.4, -0.2) is 161 Å². The summed E-state index contributed by atoms with van der Waals surface area (Å²) in [4.78, 5) is 142. The average molecular weight is 1080 g/mol. The van der Waals surface area contributed by atoms with E-state index in [-0.39, 0.29) is 107 Å². The van der Waals surface area contributed by atoms with Crippen LogP contribution in [0.25, 0.3) is 11.2 Å². The summed E-state index contributed by atoms with van der Waals surface area (Å²) in [5, 5.41) is 38.6. The molecule has 15 N–H and O–H groups in total. The maximum atomic E-state index is 13.6. The minimum Gasteiger partial charge on any atom is -0.480 e. The highest BCUT2D eigenvalue weighted by molar-refractivity contribution is 8.76. The number of allylic oxidation sites excluding steroid dienone is 2. The Bertz CT molecular complexity index is 2970. The Hall–Kier alpha value is -8.12. The molecular weight excluding hydrogens is 1020 g/mol. The van der Waals surface area contributed by atoms with Crippen molar-refractivity contribution in [1.82, 2.24) is 56.8 Å². The summed E-state index contributed by atoms with van der Waals surface area (Å²) in [6.07, 6.45) is -1.22. The molecule has 75 heavy (non-hydrogen) atoms. The van der Waals surface area contributed by atoms with Crippen LogP contribution in [0.1, 0.15) is 62.0 Å². The SMILES string of the molecule is CC(CCC(=O)NCC(NC(=O)CCC(NC(=O)c1ccc(NCc2cnc3nc(N)[nH]c(=O)c3n2)cc1)C(=O)O)C(=O)O)=[NH+]NC(=O)CCSSCCNC1=C(C)C(=O)C2=C(C1=O)[C@@H](OC(N)=O)C1[C@H]3N[C@H]3CN21. The standard InChI is InChI=1S/C45H53N15O13S2/c1-19(58-59-29(63)11-13-74-75-14-12-48-31-20(2)36(64)34-30(37(31)65)38(73-45(47)72)35-32-26(54-32)18-60(34)35)3-9-27(61)50-17-25(43(70)71)53-28(62)10-8-24(42(68)69)55-40(66)21-4-6-22(7-5-21)49-15-23-16-51-39-33(52-23)41(67)57-44(46)56-39/h4-7,16,24-26,32,35,38,48-49,54H,3,8-15,17-18H2,1-2H3,(H2,47,72)(H,50,61)(H,53,62)(H,55,66)(H,59,63)(H,68,69)(H,70,71)(H3,46,51,56,57,67)/p+1/t24?,25?,26-,32-,35?,38+/m0/s1. The summed E-state index contributed by atoms with van der Waals surface area (Å²) >= 11 is 0. The highest BCUT2D eigenvalue weighted by Crippen LogP contribution is 2.46. The van der Waals surface area contributed by atoms with Gasteiger partial charge in [-0.05, 0) is 37.6 Å². The summed E-state index contributed by atoms with van der Waals surface area (Å²) in [7, 11) is 2.88. The number of piperazine rings is 1. The number of benzene rings is 1. The van der Waals surface area contributed by atoms with E-state index in [9.17, 15) is 58.2 Å². The van der Waals surface area contributed by atoms with Crippen molar-refractivity contribution in [3.63, 3.8) is 0 Å². The number of carbonyl (C=O) groups is 9. The number of nitrogen functional groups attached to an aromatic ring is 1. The monoisotopic (exact) mass is 1080 g/mol. The second-order valence-electron chi connectivity index (χ2n) is 17.6. The lowest BCUT2D eigenvalue weighted by atomic mass is 9.89. The number of ketones is 2. The first-order valence-electron chi connectivity index (χ1n) is 23.4. The van der Waals surface area contributed by atoms with Gasteiger partial charge in [0.15, 0.2) is 23.0 Å². The molecule has 1 aliphatic carbocycles. The van der Waals surface area contributed by atoms with Crippen molar-refractivity contribution < 1.29 is 63.2 Å². The van der Waals surface area contributed by atoms with E-state index < -0.39 is 78.2 Å². The number of H-pyrrole nitrogens is 1. The normalized spacial score (nSPS) is 19.3. The Morgan fingerprint density at radius 2 is 1.64 bits per heavy atom. The van der Waals surface area contributed by atoms with Gasteiger partial charge >= 0.3 is 18.0 Å². The number of amides is 5. The lowest BCUT2D eigenvalue weighted by Crippen LogP contribution is -2.84. The maximum absolute atomic E-state index is 13.6. The van der Waals surface area contributed by atoms with Crippen molar-refractivity contribution in [3.8, 4) is 0 Å². The summed E-state index contributed by atoms with van der Waals surface area (Å²) < 4.78 is 5.37. The van der Waals surface area contributed by atoms with Crippen molar-refractivity contribution in [2.75, 3.05) is 42.2 Å². The minimum atomic E-state index is -1.55. The lowest BCUT2D eigenvalue weighted by Gasteiger charge is -2.26. The third-order valence-corrected chi connectivity index (χ3v) is 14.7. The number of carboxylic acids is 2. The van der Waals surface area contributed by atoms with E-state index in [1.54, 1.807) is 26.0 Å². The van der Waals surface area contributed by atoms with E-state index in [2.05, 4.69) is 62.4 Å². The molecule has 5 amide bonds.